The van der Waals surface area contributed by atoms with Crippen LogP contribution < -0.4 is 10.2 Å². The van der Waals surface area contributed by atoms with Gasteiger partial charge >= 0.3 is 10.8 Å². The average Bonchev–Trinajstić information content (AvgIpc) is 2.64. The molecule has 0 radical (unpaired) electrons. The molecule has 0 atom stereocenters. The maximum atomic E-state index is 11.2. The van der Waals surface area contributed by atoms with E-state index in [9.17, 15) is 9.59 Å². The number of aromatic nitrogens is 1. The highest BCUT2D eigenvalue weighted by molar-refractivity contribution is 7.07. The third-order valence-electron chi connectivity index (χ3n) is 1.79. The van der Waals surface area contributed by atoms with Crippen molar-refractivity contribution in [1.29, 1.82) is 0 Å². The predicted molar refractivity (Wildman–Crippen MR) is 62.4 cm³/mol. The molecule has 0 spiro atoms. The zero-order valence-corrected chi connectivity index (χ0v) is 9.86. The Labute approximate surface area is 97.1 Å². The molecule has 0 aliphatic heterocycles. The number of ether oxygens (including phenoxy) is 1. The topological polar surface area (TPSA) is 71.2 Å². The first-order valence-electron chi connectivity index (χ1n) is 4.85. The van der Waals surface area contributed by atoms with Gasteiger partial charge in [0.25, 0.3) is 0 Å². The van der Waals surface area contributed by atoms with E-state index in [2.05, 4.69) is 16.9 Å². The minimum absolute atomic E-state index is 0.0824. The van der Waals surface area contributed by atoms with Crippen LogP contribution in [0.2, 0.25) is 0 Å². The van der Waals surface area contributed by atoms with Crippen molar-refractivity contribution < 1.29 is 9.53 Å². The maximum Gasteiger partial charge on any atom is 0.334 e. The summed E-state index contributed by atoms with van der Waals surface area (Å²) in [7, 11) is 0. The molecule has 0 fully saturated rings. The van der Waals surface area contributed by atoms with Crippen LogP contribution >= 0.6 is 11.3 Å². The Morgan fingerprint density at radius 2 is 2.44 bits per heavy atom. The molecule has 1 aromatic heterocycles. The fourth-order valence-electron chi connectivity index (χ4n) is 1.05. The van der Waals surface area contributed by atoms with Crippen LogP contribution in [0.4, 0.5) is 0 Å². The van der Waals surface area contributed by atoms with Gasteiger partial charge in [0.2, 0.25) is 0 Å². The van der Waals surface area contributed by atoms with Crippen molar-refractivity contribution in [2.24, 2.45) is 0 Å². The summed E-state index contributed by atoms with van der Waals surface area (Å²) in [5.41, 5.74) is 1.17. The largest absolute Gasteiger partial charge is 0.463 e. The lowest BCUT2D eigenvalue weighted by atomic mass is 10.3. The van der Waals surface area contributed by atoms with Crippen molar-refractivity contribution >= 4 is 17.3 Å². The lowest BCUT2D eigenvalue weighted by Gasteiger charge is -2.05. The van der Waals surface area contributed by atoms with E-state index in [0.29, 0.717) is 25.3 Å². The normalized spacial score (nSPS) is 10.1. The average molecular weight is 242 g/mol. The third kappa shape index (κ3) is 4.00. The number of carbonyl (C=O) groups is 1. The van der Waals surface area contributed by atoms with Crippen LogP contribution in [0.5, 0.6) is 0 Å². The number of hydrogen-bond acceptors (Lipinski definition) is 5. The van der Waals surface area contributed by atoms with Gasteiger partial charge in [0.1, 0.15) is 0 Å². The van der Waals surface area contributed by atoms with Gasteiger partial charge in [-0.3, -0.25) is 4.79 Å². The summed E-state index contributed by atoms with van der Waals surface area (Å²) in [5.74, 6) is -0.395. The first-order valence-corrected chi connectivity index (χ1v) is 5.73. The highest BCUT2D eigenvalue weighted by Crippen LogP contribution is 1.96. The number of carbonyl (C=O) groups excluding carboxylic acids is 1. The quantitative estimate of drug-likeness (QED) is 0.567. The van der Waals surface area contributed by atoms with E-state index in [1.54, 1.807) is 12.3 Å². The molecule has 1 heterocycles. The van der Waals surface area contributed by atoms with Gasteiger partial charge in [0, 0.05) is 29.7 Å². The van der Waals surface area contributed by atoms with E-state index in [1.165, 1.54) is 0 Å². The standard InChI is InChI=1S/C10H14N2O3S/c1-3-15-9(13)7(2)4-11-5-8-6-16-10(14)12-8/h6,11H,2-5H2,1H3,(H,12,14). The molecule has 1 aromatic rings. The zero-order valence-electron chi connectivity index (χ0n) is 9.04. The molecule has 88 valence electrons. The van der Waals surface area contributed by atoms with E-state index in [0.717, 1.165) is 17.0 Å². The molecule has 0 aliphatic rings. The molecular formula is C10H14N2O3S. The first kappa shape index (κ1) is 12.7. The zero-order chi connectivity index (χ0) is 12.0. The summed E-state index contributed by atoms with van der Waals surface area (Å²) in [4.78, 5) is 24.6. The van der Waals surface area contributed by atoms with Crippen LogP contribution in [-0.2, 0) is 16.1 Å². The number of rotatable bonds is 6. The Morgan fingerprint density at radius 1 is 1.69 bits per heavy atom. The summed E-state index contributed by atoms with van der Waals surface area (Å²) in [6.07, 6.45) is 0. The van der Waals surface area contributed by atoms with Gasteiger partial charge in [-0.05, 0) is 6.92 Å². The second kappa shape index (κ2) is 6.24. The lowest BCUT2D eigenvalue weighted by molar-refractivity contribution is -0.138. The third-order valence-corrected chi connectivity index (χ3v) is 2.51. The van der Waals surface area contributed by atoms with E-state index in [4.69, 9.17) is 4.74 Å². The molecule has 1 rings (SSSR count). The summed E-state index contributed by atoms with van der Waals surface area (Å²) < 4.78 is 4.78. The van der Waals surface area contributed by atoms with Gasteiger partial charge in [-0.1, -0.05) is 17.9 Å². The number of hydrogen-bond donors (Lipinski definition) is 2. The molecule has 6 heteroatoms. The minimum atomic E-state index is -0.395. The summed E-state index contributed by atoms with van der Waals surface area (Å²) in [5, 5.41) is 4.73. The van der Waals surface area contributed by atoms with E-state index in [1.807, 2.05) is 0 Å². The monoisotopic (exact) mass is 242 g/mol. The van der Waals surface area contributed by atoms with Crippen LogP contribution in [0.3, 0.4) is 0 Å². The van der Waals surface area contributed by atoms with Crippen molar-refractivity contribution in [3.63, 3.8) is 0 Å². The molecule has 0 saturated heterocycles. The van der Waals surface area contributed by atoms with Crippen molar-refractivity contribution in [3.05, 3.63) is 32.9 Å². The van der Waals surface area contributed by atoms with Gasteiger partial charge in [-0.25, -0.2) is 4.79 Å². The molecule has 0 unspecified atom stereocenters. The second-order valence-electron chi connectivity index (χ2n) is 3.10. The SMILES string of the molecule is C=C(CNCc1csc(=O)[nH]1)C(=O)OCC. The highest BCUT2D eigenvalue weighted by atomic mass is 32.1. The van der Waals surface area contributed by atoms with Gasteiger partial charge in [0.05, 0.1) is 6.61 Å². The smallest absolute Gasteiger partial charge is 0.334 e. The van der Waals surface area contributed by atoms with E-state index >= 15 is 0 Å². The lowest BCUT2D eigenvalue weighted by Crippen LogP contribution is -2.21. The molecule has 0 aromatic carbocycles. The van der Waals surface area contributed by atoms with Crippen LogP contribution in [0, 0.1) is 0 Å². The molecule has 0 aliphatic carbocycles. The van der Waals surface area contributed by atoms with Gasteiger partial charge in [0.15, 0.2) is 0 Å². The second-order valence-corrected chi connectivity index (χ2v) is 3.94. The van der Waals surface area contributed by atoms with Crippen LogP contribution in [0.15, 0.2) is 22.3 Å². The van der Waals surface area contributed by atoms with Crippen LogP contribution in [0.1, 0.15) is 12.6 Å². The molecule has 0 saturated carbocycles. The molecule has 0 amide bonds. The van der Waals surface area contributed by atoms with Crippen LogP contribution in [0.25, 0.3) is 0 Å². The van der Waals surface area contributed by atoms with Gasteiger partial charge in [-0.15, -0.1) is 0 Å². The summed E-state index contributed by atoms with van der Waals surface area (Å²) >= 11 is 1.11. The Kier molecular flexibility index (Phi) is 4.94. The minimum Gasteiger partial charge on any atom is -0.463 e. The van der Waals surface area contributed by atoms with E-state index in [-0.39, 0.29) is 4.87 Å². The number of esters is 1. The highest BCUT2D eigenvalue weighted by Gasteiger charge is 2.06. The number of H-pyrrole nitrogens is 1. The fraction of sp³-hybridized carbons (Fsp3) is 0.400. The van der Waals surface area contributed by atoms with Gasteiger partial charge < -0.3 is 15.0 Å². The van der Waals surface area contributed by atoms with Crippen molar-refractivity contribution in [2.45, 2.75) is 13.5 Å². The molecular weight excluding hydrogens is 228 g/mol. The Bertz CT molecular complexity index is 422. The van der Waals surface area contributed by atoms with Crippen molar-refractivity contribution in [2.75, 3.05) is 13.2 Å². The first-order chi connectivity index (χ1) is 7.63. The molecule has 0 bridgehead atoms. The van der Waals surface area contributed by atoms with Gasteiger partial charge in [-0.2, -0.15) is 0 Å². The van der Waals surface area contributed by atoms with Crippen LogP contribution in [-0.4, -0.2) is 24.1 Å². The number of thiazole rings is 1. The molecule has 16 heavy (non-hydrogen) atoms. The molecule has 2 N–H and O–H groups in total. The summed E-state index contributed by atoms with van der Waals surface area (Å²) in [6.45, 7) is 6.53. The molecule has 5 nitrogen and oxygen atoms in total. The predicted octanol–water partition coefficient (Wildman–Crippen LogP) is 0.645. The Balaban J connectivity index is 2.28. The number of nitrogens with one attached hydrogen (secondary N) is 2. The Hall–Kier alpha value is -1.40. The summed E-state index contributed by atoms with van der Waals surface area (Å²) in [6, 6.07) is 0. The van der Waals surface area contributed by atoms with Crippen molar-refractivity contribution in [3.8, 4) is 0 Å². The van der Waals surface area contributed by atoms with E-state index < -0.39 is 5.97 Å². The maximum absolute atomic E-state index is 11.2. The fourth-order valence-corrected chi connectivity index (χ4v) is 1.64. The Morgan fingerprint density at radius 3 is 3.00 bits per heavy atom. The number of aromatic amines is 1. The van der Waals surface area contributed by atoms with Crippen molar-refractivity contribution in [1.82, 2.24) is 10.3 Å².